The second-order valence-corrected chi connectivity index (χ2v) is 6.33. The van der Waals surface area contributed by atoms with Crippen molar-refractivity contribution in [3.8, 4) is 0 Å². The van der Waals surface area contributed by atoms with Gasteiger partial charge in [-0.25, -0.2) is 0 Å². The highest BCUT2D eigenvalue weighted by atomic mass is 14.8. The van der Waals surface area contributed by atoms with Crippen molar-refractivity contribution in [1.82, 2.24) is 0 Å². The van der Waals surface area contributed by atoms with E-state index in [1.807, 2.05) is 0 Å². The van der Waals surface area contributed by atoms with Crippen LogP contribution in [0.25, 0.3) is 0 Å². The first kappa shape index (κ1) is 8.15. The summed E-state index contributed by atoms with van der Waals surface area (Å²) in [5, 5.41) is 0. The van der Waals surface area contributed by atoms with Crippen LogP contribution >= 0.6 is 0 Å². The van der Waals surface area contributed by atoms with Crippen LogP contribution in [0.4, 0.5) is 0 Å². The number of nitrogens with two attached hydrogens (primary N) is 1. The second-order valence-electron chi connectivity index (χ2n) is 6.33. The Labute approximate surface area is 86.4 Å². The average molecular weight is 191 g/mol. The predicted octanol–water partition coefficient (Wildman–Crippen LogP) is 2.41. The molecule has 4 rings (SSSR count). The lowest BCUT2D eigenvalue weighted by Crippen LogP contribution is -2.38. The van der Waals surface area contributed by atoms with Crippen molar-refractivity contribution in [2.45, 2.75) is 44.6 Å². The molecule has 0 heterocycles. The fraction of sp³-hybridized carbons (Fsp3) is 1.00. The van der Waals surface area contributed by atoms with Crippen molar-refractivity contribution in [2.24, 2.45) is 41.2 Å². The minimum absolute atomic E-state index is 0.599. The molecule has 2 N–H and O–H groups in total. The molecular formula is C13H21N. The minimum atomic E-state index is 0.599. The van der Waals surface area contributed by atoms with E-state index >= 15 is 0 Å². The maximum Gasteiger partial charge on any atom is 0.0101 e. The number of hydrogen-bond donors (Lipinski definition) is 1. The molecule has 14 heavy (non-hydrogen) atoms. The van der Waals surface area contributed by atoms with Gasteiger partial charge >= 0.3 is 0 Å². The molecule has 0 spiro atoms. The van der Waals surface area contributed by atoms with Crippen molar-refractivity contribution in [1.29, 1.82) is 0 Å². The van der Waals surface area contributed by atoms with Gasteiger partial charge in [-0.1, -0.05) is 6.42 Å². The third-order valence-corrected chi connectivity index (χ3v) is 5.93. The lowest BCUT2D eigenvalue weighted by molar-refractivity contribution is 0.221. The quantitative estimate of drug-likeness (QED) is 0.712. The number of hydrogen-bond acceptors (Lipinski definition) is 1. The SMILES string of the molecule is NC(C1CCC1)C1C2C3CCC(C3)C21. The van der Waals surface area contributed by atoms with Crippen molar-refractivity contribution < 1.29 is 0 Å². The average Bonchev–Trinajstić information content (AvgIpc) is 2.53. The van der Waals surface area contributed by atoms with Crippen molar-refractivity contribution in [2.75, 3.05) is 0 Å². The Kier molecular flexibility index (Phi) is 1.49. The second kappa shape index (κ2) is 2.55. The fourth-order valence-electron chi connectivity index (χ4n) is 5.05. The van der Waals surface area contributed by atoms with Crippen LogP contribution < -0.4 is 5.73 Å². The van der Waals surface area contributed by atoms with Gasteiger partial charge in [0.05, 0.1) is 0 Å². The van der Waals surface area contributed by atoms with E-state index < -0.39 is 0 Å². The van der Waals surface area contributed by atoms with E-state index in [2.05, 4.69) is 0 Å². The van der Waals surface area contributed by atoms with Gasteiger partial charge in [0, 0.05) is 6.04 Å². The highest BCUT2D eigenvalue weighted by Gasteiger charge is 2.66. The first-order chi connectivity index (χ1) is 6.86. The van der Waals surface area contributed by atoms with Gasteiger partial charge in [0.15, 0.2) is 0 Å². The monoisotopic (exact) mass is 191 g/mol. The molecule has 4 saturated carbocycles. The summed E-state index contributed by atoms with van der Waals surface area (Å²) < 4.78 is 0. The molecule has 4 fully saturated rings. The van der Waals surface area contributed by atoms with Gasteiger partial charge in [-0.2, -0.15) is 0 Å². The summed E-state index contributed by atoms with van der Waals surface area (Å²) in [6.45, 7) is 0. The van der Waals surface area contributed by atoms with E-state index in [-0.39, 0.29) is 0 Å². The Balaban J connectivity index is 1.49. The Morgan fingerprint density at radius 3 is 2.07 bits per heavy atom. The summed E-state index contributed by atoms with van der Waals surface area (Å²) in [5.74, 6) is 6.33. The summed E-state index contributed by atoms with van der Waals surface area (Å²) in [4.78, 5) is 0. The van der Waals surface area contributed by atoms with E-state index in [0.717, 1.165) is 35.5 Å². The third-order valence-electron chi connectivity index (χ3n) is 5.93. The predicted molar refractivity (Wildman–Crippen MR) is 56.6 cm³/mol. The van der Waals surface area contributed by atoms with Gasteiger partial charge in [-0.3, -0.25) is 0 Å². The fourth-order valence-corrected chi connectivity index (χ4v) is 5.05. The van der Waals surface area contributed by atoms with Gasteiger partial charge in [0.25, 0.3) is 0 Å². The van der Waals surface area contributed by atoms with E-state index in [0.29, 0.717) is 6.04 Å². The van der Waals surface area contributed by atoms with Crippen molar-refractivity contribution in [3.05, 3.63) is 0 Å². The van der Waals surface area contributed by atoms with E-state index in [9.17, 15) is 0 Å². The van der Waals surface area contributed by atoms with Crippen LogP contribution in [0.3, 0.4) is 0 Å². The molecule has 0 aromatic rings. The normalized spacial score (nSPS) is 56.8. The summed E-state index contributed by atoms with van der Waals surface area (Å²) in [6.07, 6.45) is 8.98. The Morgan fingerprint density at radius 2 is 1.57 bits per heavy atom. The lowest BCUT2D eigenvalue weighted by Gasteiger charge is -2.32. The Bertz CT molecular complexity index is 242. The molecule has 2 bridgehead atoms. The molecule has 1 nitrogen and oxygen atoms in total. The lowest BCUT2D eigenvalue weighted by atomic mass is 9.76. The number of rotatable bonds is 2. The molecule has 0 amide bonds. The first-order valence-electron chi connectivity index (χ1n) is 6.62. The molecular weight excluding hydrogens is 170 g/mol. The van der Waals surface area contributed by atoms with Crippen LogP contribution in [0, 0.1) is 35.5 Å². The maximum absolute atomic E-state index is 6.43. The van der Waals surface area contributed by atoms with Crippen LogP contribution in [0.5, 0.6) is 0 Å². The molecule has 0 saturated heterocycles. The van der Waals surface area contributed by atoms with Crippen LogP contribution in [0.15, 0.2) is 0 Å². The van der Waals surface area contributed by atoms with Gasteiger partial charge in [0.1, 0.15) is 0 Å². The maximum atomic E-state index is 6.43. The molecule has 5 atom stereocenters. The van der Waals surface area contributed by atoms with E-state index in [4.69, 9.17) is 5.73 Å². The topological polar surface area (TPSA) is 26.0 Å². The molecule has 0 radical (unpaired) electrons. The van der Waals surface area contributed by atoms with Gasteiger partial charge in [0.2, 0.25) is 0 Å². The molecule has 4 aliphatic carbocycles. The van der Waals surface area contributed by atoms with Crippen LogP contribution in [0.1, 0.15) is 38.5 Å². The van der Waals surface area contributed by atoms with Gasteiger partial charge < -0.3 is 5.73 Å². The zero-order valence-electron chi connectivity index (χ0n) is 8.86. The summed E-state index contributed by atoms with van der Waals surface area (Å²) >= 11 is 0. The van der Waals surface area contributed by atoms with Crippen molar-refractivity contribution in [3.63, 3.8) is 0 Å². The molecule has 0 aromatic carbocycles. The molecule has 5 unspecified atom stereocenters. The van der Waals surface area contributed by atoms with Gasteiger partial charge in [-0.05, 0) is 67.6 Å². The zero-order valence-corrected chi connectivity index (χ0v) is 8.86. The standard InChI is InChI=1S/C13H21N/c14-13(7-2-1-3-7)12-10-8-4-5-9(6-8)11(10)12/h7-13H,1-6,14H2. The molecule has 78 valence electrons. The number of fused-ring (bicyclic) bond motifs is 5. The van der Waals surface area contributed by atoms with Crippen LogP contribution in [-0.4, -0.2) is 6.04 Å². The molecule has 0 aliphatic heterocycles. The Morgan fingerprint density at radius 1 is 0.929 bits per heavy atom. The summed E-state index contributed by atoms with van der Waals surface area (Å²) in [6, 6.07) is 0.599. The third kappa shape index (κ3) is 0.856. The Hall–Kier alpha value is -0.0400. The smallest absolute Gasteiger partial charge is 0.0101 e. The van der Waals surface area contributed by atoms with E-state index in [1.54, 1.807) is 19.3 Å². The van der Waals surface area contributed by atoms with Crippen LogP contribution in [-0.2, 0) is 0 Å². The minimum Gasteiger partial charge on any atom is -0.327 e. The van der Waals surface area contributed by atoms with E-state index in [1.165, 1.54) is 19.3 Å². The highest BCUT2D eigenvalue weighted by molar-refractivity contribution is 5.16. The van der Waals surface area contributed by atoms with Crippen LogP contribution in [0.2, 0.25) is 0 Å². The van der Waals surface area contributed by atoms with Gasteiger partial charge in [-0.15, -0.1) is 0 Å². The molecule has 4 aliphatic rings. The molecule has 0 aromatic heterocycles. The highest BCUT2D eigenvalue weighted by Crippen LogP contribution is 2.70. The first-order valence-corrected chi connectivity index (χ1v) is 6.62. The zero-order chi connectivity index (χ0) is 9.28. The summed E-state index contributed by atoms with van der Waals surface area (Å²) in [5.41, 5.74) is 6.43. The van der Waals surface area contributed by atoms with Crippen molar-refractivity contribution >= 4 is 0 Å². The largest absolute Gasteiger partial charge is 0.327 e. The summed E-state index contributed by atoms with van der Waals surface area (Å²) in [7, 11) is 0. The molecule has 1 heteroatoms.